The van der Waals surface area contributed by atoms with Crippen molar-refractivity contribution in [2.24, 2.45) is 0 Å². The van der Waals surface area contributed by atoms with Crippen LogP contribution in [0, 0.1) is 0 Å². The van der Waals surface area contributed by atoms with E-state index >= 15 is 0 Å². The maximum Gasteiger partial charge on any atom is 0.243 e. The van der Waals surface area contributed by atoms with Crippen LogP contribution in [0.1, 0.15) is 6.92 Å². The molecule has 0 unspecified atom stereocenters. The summed E-state index contributed by atoms with van der Waals surface area (Å²) in [4.78, 5) is 2.35. The number of hydrogen-bond acceptors (Lipinski definition) is 3. The molecule has 1 aliphatic rings. The lowest BCUT2D eigenvalue weighted by Gasteiger charge is -2.35. The second-order valence-electron chi connectivity index (χ2n) is 6.52. The van der Waals surface area contributed by atoms with Crippen molar-refractivity contribution in [3.8, 4) is 0 Å². The van der Waals surface area contributed by atoms with Gasteiger partial charge in [0.15, 0.2) is 5.11 Å². The Labute approximate surface area is 160 Å². The molecule has 1 N–H and O–H groups in total. The highest BCUT2D eigenvalue weighted by Crippen LogP contribution is 2.22. The van der Waals surface area contributed by atoms with Crippen molar-refractivity contribution in [1.29, 1.82) is 0 Å². The van der Waals surface area contributed by atoms with E-state index in [-0.39, 0.29) is 0 Å². The molecule has 0 radical (unpaired) electrons. The normalized spacial score (nSPS) is 15.8. The summed E-state index contributed by atoms with van der Waals surface area (Å²) in [5.41, 5.74) is 1.00. The lowest BCUT2D eigenvalue weighted by atomic mass is 10.1. The zero-order valence-corrected chi connectivity index (χ0v) is 16.4. The van der Waals surface area contributed by atoms with Gasteiger partial charge in [-0.25, -0.2) is 8.42 Å². The molecule has 1 heterocycles. The van der Waals surface area contributed by atoms with Gasteiger partial charge in [-0.05, 0) is 42.0 Å². The molecular formula is C19H23N3O2S2. The fourth-order valence-corrected chi connectivity index (χ4v) is 4.66. The average Bonchev–Trinajstić information content (AvgIpc) is 2.65. The van der Waals surface area contributed by atoms with Crippen LogP contribution in [0.4, 0.5) is 0 Å². The molecule has 0 bridgehead atoms. The molecule has 1 aliphatic heterocycles. The maximum atomic E-state index is 13.0. The van der Waals surface area contributed by atoms with E-state index in [9.17, 15) is 8.42 Å². The second-order valence-corrected chi connectivity index (χ2v) is 8.84. The van der Waals surface area contributed by atoms with Crippen LogP contribution in [0.15, 0.2) is 59.5 Å². The number of nitrogens with zero attached hydrogens (tertiary/aromatic N) is 2. The SMILES string of the molecule is C=C(C)CNC(=S)N1CCN(S(=O)(=O)c2ccc3ccccc3c2)CC1. The predicted molar refractivity (Wildman–Crippen MR) is 110 cm³/mol. The molecule has 2 aromatic rings. The van der Waals surface area contributed by atoms with Crippen molar-refractivity contribution in [3.63, 3.8) is 0 Å². The lowest BCUT2D eigenvalue weighted by molar-refractivity contribution is 0.264. The van der Waals surface area contributed by atoms with Gasteiger partial charge in [0.05, 0.1) is 4.90 Å². The van der Waals surface area contributed by atoms with Crippen molar-refractivity contribution < 1.29 is 8.42 Å². The predicted octanol–water partition coefficient (Wildman–Crippen LogP) is 2.60. The van der Waals surface area contributed by atoms with Gasteiger partial charge in [0.2, 0.25) is 10.0 Å². The molecule has 0 aromatic heterocycles. The molecule has 1 fully saturated rings. The minimum absolute atomic E-state index is 0.340. The Bertz CT molecular complexity index is 933. The van der Waals surface area contributed by atoms with Gasteiger partial charge in [0.25, 0.3) is 0 Å². The Hall–Kier alpha value is -1.96. The van der Waals surface area contributed by atoms with Gasteiger partial charge in [-0.1, -0.05) is 42.5 Å². The van der Waals surface area contributed by atoms with Crippen molar-refractivity contribution in [1.82, 2.24) is 14.5 Å². The van der Waals surface area contributed by atoms with Crippen molar-refractivity contribution in [3.05, 3.63) is 54.6 Å². The van der Waals surface area contributed by atoms with Gasteiger partial charge in [-0.3, -0.25) is 0 Å². The van der Waals surface area contributed by atoms with Gasteiger partial charge in [-0.2, -0.15) is 4.31 Å². The van der Waals surface area contributed by atoms with Crippen LogP contribution in [0.25, 0.3) is 10.8 Å². The largest absolute Gasteiger partial charge is 0.359 e. The summed E-state index contributed by atoms with van der Waals surface area (Å²) in [6, 6.07) is 13.0. The molecule has 0 amide bonds. The van der Waals surface area contributed by atoms with E-state index in [0.717, 1.165) is 16.3 Å². The Balaban J connectivity index is 1.69. The molecule has 138 valence electrons. The molecule has 5 nitrogen and oxygen atoms in total. The summed E-state index contributed by atoms with van der Waals surface area (Å²) in [6.07, 6.45) is 0. The summed E-state index contributed by atoms with van der Waals surface area (Å²) >= 11 is 5.38. The molecule has 1 saturated heterocycles. The van der Waals surface area contributed by atoms with Crippen LogP contribution in [0.3, 0.4) is 0 Å². The Morgan fingerprint density at radius 3 is 2.42 bits per heavy atom. The van der Waals surface area contributed by atoms with Crippen molar-refractivity contribution in [2.45, 2.75) is 11.8 Å². The number of piperazine rings is 1. The molecule has 2 aromatic carbocycles. The zero-order valence-electron chi connectivity index (χ0n) is 14.8. The first-order chi connectivity index (χ1) is 12.4. The molecule has 0 saturated carbocycles. The fourth-order valence-electron chi connectivity index (χ4n) is 2.95. The molecule has 0 spiro atoms. The molecule has 3 rings (SSSR count). The molecular weight excluding hydrogens is 366 g/mol. The van der Waals surface area contributed by atoms with E-state index in [4.69, 9.17) is 12.2 Å². The number of benzene rings is 2. The van der Waals surface area contributed by atoms with Crippen LogP contribution >= 0.6 is 12.2 Å². The highest BCUT2D eigenvalue weighted by molar-refractivity contribution is 7.89. The summed E-state index contributed by atoms with van der Waals surface area (Å²) < 4.78 is 27.5. The minimum Gasteiger partial charge on any atom is -0.359 e. The fraction of sp³-hybridized carbons (Fsp3) is 0.316. The van der Waals surface area contributed by atoms with Crippen molar-refractivity contribution in [2.75, 3.05) is 32.7 Å². The van der Waals surface area contributed by atoms with Gasteiger partial charge < -0.3 is 10.2 Å². The number of thiocarbonyl (C=S) groups is 1. The van der Waals surface area contributed by atoms with E-state index in [0.29, 0.717) is 42.7 Å². The smallest absolute Gasteiger partial charge is 0.243 e. The first-order valence-electron chi connectivity index (χ1n) is 8.54. The third-order valence-electron chi connectivity index (χ3n) is 4.43. The zero-order chi connectivity index (χ0) is 18.7. The first-order valence-corrected chi connectivity index (χ1v) is 10.4. The van der Waals surface area contributed by atoms with Crippen LogP contribution in [0.5, 0.6) is 0 Å². The number of hydrogen-bond donors (Lipinski definition) is 1. The molecule has 7 heteroatoms. The topological polar surface area (TPSA) is 52.6 Å². The summed E-state index contributed by atoms with van der Waals surface area (Å²) in [7, 11) is -3.50. The summed E-state index contributed by atoms with van der Waals surface area (Å²) in [6.45, 7) is 8.41. The second kappa shape index (κ2) is 7.73. The molecule has 0 aliphatic carbocycles. The minimum atomic E-state index is -3.50. The van der Waals surface area contributed by atoms with Gasteiger partial charge in [-0.15, -0.1) is 0 Å². The van der Waals surface area contributed by atoms with E-state index in [1.807, 2.05) is 42.2 Å². The number of nitrogens with one attached hydrogen (secondary N) is 1. The average molecular weight is 390 g/mol. The third kappa shape index (κ3) is 4.06. The van der Waals surface area contributed by atoms with Crippen LogP contribution in [-0.2, 0) is 10.0 Å². The van der Waals surface area contributed by atoms with Crippen LogP contribution in [-0.4, -0.2) is 55.5 Å². The Morgan fingerprint density at radius 1 is 1.12 bits per heavy atom. The highest BCUT2D eigenvalue weighted by Gasteiger charge is 2.29. The Morgan fingerprint density at radius 2 is 1.77 bits per heavy atom. The van der Waals surface area contributed by atoms with E-state index in [2.05, 4.69) is 11.9 Å². The van der Waals surface area contributed by atoms with Crippen molar-refractivity contribution >= 4 is 38.1 Å². The first kappa shape index (κ1) is 18.8. The van der Waals surface area contributed by atoms with Gasteiger partial charge >= 0.3 is 0 Å². The summed E-state index contributed by atoms with van der Waals surface area (Å²) in [5.74, 6) is 0. The quantitative estimate of drug-likeness (QED) is 0.643. The number of fused-ring (bicyclic) bond motifs is 1. The van der Waals surface area contributed by atoms with Gasteiger partial charge in [0.1, 0.15) is 0 Å². The lowest BCUT2D eigenvalue weighted by Crippen LogP contribution is -2.53. The summed E-state index contributed by atoms with van der Waals surface area (Å²) in [5, 5.41) is 5.76. The third-order valence-corrected chi connectivity index (χ3v) is 6.72. The van der Waals surface area contributed by atoms with E-state index in [1.165, 1.54) is 4.31 Å². The molecule has 0 atom stereocenters. The van der Waals surface area contributed by atoms with E-state index < -0.39 is 10.0 Å². The van der Waals surface area contributed by atoms with Crippen LogP contribution < -0.4 is 5.32 Å². The van der Waals surface area contributed by atoms with Crippen LogP contribution in [0.2, 0.25) is 0 Å². The number of sulfonamides is 1. The molecule has 26 heavy (non-hydrogen) atoms. The maximum absolute atomic E-state index is 13.0. The monoisotopic (exact) mass is 389 g/mol. The van der Waals surface area contributed by atoms with E-state index in [1.54, 1.807) is 12.1 Å². The highest BCUT2D eigenvalue weighted by atomic mass is 32.2. The Kier molecular flexibility index (Phi) is 5.60. The number of rotatable bonds is 4. The standard InChI is InChI=1S/C19H23N3O2S2/c1-15(2)14-20-19(25)21-9-11-22(12-10-21)26(23,24)18-8-7-16-5-3-4-6-17(16)13-18/h3-8,13H,1,9-12,14H2,2H3,(H,20,25). The van der Waals surface area contributed by atoms with Gasteiger partial charge in [0, 0.05) is 32.7 Å².